The molecular formula is C11H17ClN2S. The quantitative estimate of drug-likeness (QED) is 0.716. The second-order valence-electron chi connectivity index (χ2n) is 3.19. The molecule has 1 heterocycles. The number of aromatic nitrogens is 1. The normalized spacial score (nSPS) is 10.9. The van der Waals surface area contributed by atoms with Crippen molar-refractivity contribution < 1.29 is 0 Å². The van der Waals surface area contributed by atoms with Gasteiger partial charge in [0.2, 0.25) is 0 Å². The van der Waals surface area contributed by atoms with Gasteiger partial charge >= 0.3 is 0 Å². The molecule has 0 amide bonds. The molecule has 0 saturated heterocycles. The average molecular weight is 245 g/mol. The van der Waals surface area contributed by atoms with Gasteiger partial charge in [-0.2, -0.15) is 0 Å². The Morgan fingerprint density at radius 3 is 2.60 bits per heavy atom. The zero-order valence-corrected chi connectivity index (χ0v) is 10.8. The number of nitrogens with zero attached hydrogens (tertiary/aromatic N) is 2. The molecule has 1 rings (SSSR count). The second-order valence-corrected chi connectivity index (χ2v) is 4.74. The van der Waals surface area contributed by atoms with Crippen LogP contribution < -0.4 is 0 Å². The number of pyridine rings is 1. The maximum Gasteiger partial charge on any atom is 0.0961 e. The van der Waals surface area contributed by atoms with Crippen LogP contribution in [0.25, 0.3) is 0 Å². The van der Waals surface area contributed by atoms with Gasteiger partial charge in [0, 0.05) is 18.5 Å². The van der Waals surface area contributed by atoms with Gasteiger partial charge in [0.05, 0.1) is 10.0 Å². The third-order valence-corrected chi connectivity index (χ3v) is 3.40. The Hall–Kier alpha value is -0.250. The number of halogens is 1. The van der Waals surface area contributed by atoms with Crippen molar-refractivity contribution in [2.24, 2.45) is 0 Å². The fourth-order valence-electron chi connectivity index (χ4n) is 1.27. The third kappa shape index (κ3) is 4.87. The topological polar surface area (TPSA) is 16.1 Å². The first-order chi connectivity index (χ1) is 7.26. The van der Waals surface area contributed by atoms with Crippen LogP contribution >= 0.6 is 23.4 Å². The number of hydrogen-bond acceptors (Lipinski definition) is 3. The minimum absolute atomic E-state index is 0.697. The average Bonchev–Trinajstić information content (AvgIpc) is 2.27. The van der Waals surface area contributed by atoms with Gasteiger partial charge in [-0.25, -0.2) is 4.98 Å². The van der Waals surface area contributed by atoms with Gasteiger partial charge in [0.15, 0.2) is 0 Å². The van der Waals surface area contributed by atoms with Gasteiger partial charge in [-0.05, 0) is 25.2 Å². The minimum Gasteiger partial charge on any atom is -0.303 e. The fraction of sp³-hybridized carbons (Fsp3) is 0.545. The van der Waals surface area contributed by atoms with E-state index >= 15 is 0 Å². The van der Waals surface area contributed by atoms with Gasteiger partial charge in [0.25, 0.3) is 0 Å². The summed E-state index contributed by atoms with van der Waals surface area (Å²) in [7, 11) is 0. The molecule has 1 aromatic rings. The number of thioether (sulfide) groups is 1. The van der Waals surface area contributed by atoms with Crippen molar-refractivity contribution in [2.45, 2.75) is 18.9 Å². The van der Waals surface area contributed by atoms with Gasteiger partial charge in [-0.1, -0.05) is 25.4 Å². The SMILES string of the molecule is CCN(CC)CCSc1ccc(Cl)cn1. The highest BCUT2D eigenvalue weighted by Crippen LogP contribution is 2.16. The Kier molecular flexibility index (Phi) is 6.06. The van der Waals surface area contributed by atoms with Crippen LogP contribution in [0.3, 0.4) is 0 Å². The van der Waals surface area contributed by atoms with Crippen LogP contribution in [0.2, 0.25) is 5.02 Å². The summed E-state index contributed by atoms with van der Waals surface area (Å²) in [4.78, 5) is 6.64. The summed E-state index contributed by atoms with van der Waals surface area (Å²) < 4.78 is 0. The standard InChI is InChI=1S/C11H17ClN2S/c1-3-14(4-2)7-8-15-11-6-5-10(12)9-13-11/h5-6,9H,3-4,7-8H2,1-2H3. The Labute approximate surface area is 101 Å². The van der Waals surface area contributed by atoms with Crippen molar-refractivity contribution in [3.8, 4) is 0 Å². The highest BCUT2D eigenvalue weighted by atomic mass is 35.5. The number of hydrogen-bond donors (Lipinski definition) is 0. The number of rotatable bonds is 6. The molecule has 0 saturated carbocycles. The molecule has 0 aliphatic carbocycles. The molecule has 0 radical (unpaired) electrons. The Balaban J connectivity index is 2.28. The molecule has 2 nitrogen and oxygen atoms in total. The molecule has 0 N–H and O–H groups in total. The predicted molar refractivity (Wildman–Crippen MR) is 67.8 cm³/mol. The molecule has 0 aliphatic rings. The van der Waals surface area contributed by atoms with Crippen molar-refractivity contribution in [1.29, 1.82) is 0 Å². The van der Waals surface area contributed by atoms with Crippen LogP contribution in [-0.2, 0) is 0 Å². The molecule has 84 valence electrons. The van der Waals surface area contributed by atoms with E-state index in [-0.39, 0.29) is 0 Å². The maximum atomic E-state index is 5.76. The summed E-state index contributed by atoms with van der Waals surface area (Å²) in [5.74, 6) is 1.08. The van der Waals surface area contributed by atoms with Crippen LogP contribution in [-0.4, -0.2) is 35.3 Å². The summed E-state index contributed by atoms with van der Waals surface area (Å²) >= 11 is 7.54. The zero-order valence-electron chi connectivity index (χ0n) is 9.24. The highest BCUT2D eigenvalue weighted by Gasteiger charge is 2.00. The molecule has 1 aromatic heterocycles. The van der Waals surface area contributed by atoms with Crippen LogP contribution in [0, 0.1) is 0 Å². The van der Waals surface area contributed by atoms with Crippen LogP contribution in [0.1, 0.15) is 13.8 Å². The molecule has 0 atom stereocenters. The Morgan fingerprint density at radius 2 is 2.07 bits per heavy atom. The van der Waals surface area contributed by atoms with Crippen LogP contribution in [0.15, 0.2) is 23.4 Å². The van der Waals surface area contributed by atoms with E-state index in [4.69, 9.17) is 11.6 Å². The van der Waals surface area contributed by atoms with E-state index in [0.29, 0.717) is 5.02 Å². The smallest absolute Gasteiger partial charge is 0.0961 e. The Morgan fingerprint density at radius 1 is 1.33 bits per heavy atom. The van der Waals surface area contributed by atoms with E-state index in [2.05, 4.69) is 23.7 Å². The van der Waals surface area contributed by atoms with Gasteiger partial charge in [-0.3, -0.25) is 0 Å². The van der Waals surface area contributed by atoms with Gasteiger partial charge in [0.1, 0.15) is 0 Å². The first-order valence-corrected chi connectivity index (χ1v) is 6.59. The first kappa shape index (κ1) is 12.8. The summed E-state index contributed by atoms with van der Waals surface area (Å²) in [6.07, 6.45) is 1.70. The predicted octanol–water partition coefficient (Wildman–Crippen LogP) is 3.17. The van der Waals surface area contributed by atoms with Crippen LogP contribution in [0.5, 0.6) is 0 Å². The zero-order chi connectivity index (χ0) is 11.1. The van der Waals surface area contributed by atoms with Crippen molar-refractivity contribution in [3.63, 3.8) is 0 Å². The maximum absolute atomic E-state index is 5.76. The van der Waals surface area contributed by atoms with Gasteiger partial charge < -0.3 is 4.90 Å². The Bertz CT molecular complexity index is 272. The lowest BCUT2D eigenvalue weighted by Gasteiger charge is -2.16. The molecule has 0 spiro atoms. The molecule has 0 fully saturated rings. The minimum atomic E-state index is 0.697. The second kappa shape index (κ2) is 7.09. The highest BCUT2D eigenvalue weighted by molar-refractivity contribution is 7.99. The lowest BCUT2D eigenvalue weighted by Crippen LogP contribution is -2.25. The molecule has 0 unspecified atom stereocenters. The van der Waals surface area contributed by atoms with E-state index in [1.165, 1.54) is 0 Å². The van der Waals surface area contributed by atoms with Crippen LogP contribution in [0.4, 0.5) is 0 Å². The summed E-state index contributed by atoms with van der Waals surface area (Å²) in [5, 5.41) is 1.75. The fourth-order valence-corrected chi connectivity index (χ4v) is 2.23. The van der Waals surface area contributed by atoms with E-state index in [1.54, 1.807) is 18.0 Å². The van der Waals surface area contributed by atoms with Crippen molar-refractivity contribution in [2.75, 3.05) is 25.4 Å². The summed E-state index contributed by atoms with van der Waals surface area (Å²) in [6.45, 7) is 7.72. The van der Waals surface area contributed by atoms with E-state index in [1.807, 2.05) is 12.1 Å². The monoisotopic (exact) mass is 244 g/mol. The molecule has 15 heavy (non-hydrogen) atoms. The molecule has 0 aromatic carbocycles. The lowest BCUT2D eigenvalue weighted by atomic mass is 10.5. The molecule has 4 heteroatoms. The lowest BCUT2D eigenvalue weighted by molar-refractivity contribution is 0.324. The van der Waals surface area contributed by atoms with Crippen molar-refractivity contribution >= 4 is 23.4 Å². The van der Waals surface area contributed by atoms with E-state index in [0.717, 1.165) is 30.4 Å². The third-order valence-electron chi connectivity index (χ3n) is 2.25. The molecule has 0 aliphatic heterocycles. The van der Waals surface area contributed by atoms with Gasteiger partial charge in [-0.15, -0.1) is 11.8 Å². The van der Waals surface area contributed by atoms with Crippen molar-refractivity contribution in [1.82, 2.24) is 9.88 Å². The first-order valence-electron chi connectivity index (χ1n) is 5.23. The van der Waals surface area contributed by atoms with E-state index < -0.39 is 0 Å². The summed E-state index contributed by atoms with van der Waals surface area (Å²) in [6, 6.07) is 3.85. The molecule has 0 bridgehead atoms. The summed E-state index contributed by atoms with van der Waals surface area (Å²) in [5.41, 5.74) is 0. The van der Waals surface area contributed by atoms with Crippen molar-refractivity contribution in [3.05, 3.63) is 23.4 Å². The van der Waals surface area contributed by atoms with E-state index in [9.17, 15) is 0 Å². The largest absolute Gasteiger partial charge is 0.303 e. The molecular weight excluding hydrogens is 228 g/mol.